The van der Waals surface area contributed by atoms with Crippen molar-refractivity contribution >= 4 is 61.5 Å². The molecule has 0 spiro atoms. The number of allylic oxidation sites excluding steroid dienone is 4. The largest absolute Gasteiger partial charge is 2.00 e. The summed E-state index contributed by atoms with van der Waals surface area (Å²) in [7, 11) is 0. The molecule has 0 rings (SSSR count). The van der Waals surface area contributed by atoms with Crippen molar-refractivity contribution in [1.29, 1.82) is 0 Å². The van der Waals surface area contributed by atoms with Crippen molar-refractivity contribution in [3.8, 4) is 0 Å². The maximum absolute atomic E-state index is 11.5. The maximum Gasteiger partial charge on any atom is 2.00 e. The molecule has 2 amide bonds. The van der Waals surface area contributed by atoms with Crippen molar-refractivity contribution in [3.05, 3.63) is 24.3 Å². The topological polar surface area (TPSA) is 179 Å². The van der Waals surface area contributed by atoms with Crippen LogP contribution in [-0.4, -0.2) is 97.0 Å². The van der Waals surface area contributed by atoms with Crippen LogP contribution in [0.25, 0.3) is 0 Å². The summed E-state index contributed by atoms with van der Waals surface area (Å²) < 4.78 is 0. The molecule has 0 unspecified atom stereocenters. The number of nitrogens with one attached hydrogen (secondary N) is 2. The molecule has 0 aliphatic heterocycles. The first-order valence-corrected chi connectivity index (χ1v) is 20.7. The second kappa shape index (κ2) is 44.9. The SMILES string of the molecule is CCCCCCCC/C=C\CCCCCCCC(=O)N[C@@H](CO)C(=O)[O-].CCCCCCCC/C=C\CCCCCCCC(=O)N[C@@H](CO)C(=O)[O-].[Ca+2]. The van der Waals surface area contributed by atoms with Gasteiger partial charge in [-0.15, -0.1) is 0 Å². The molecule has 0 aromatic carbocycles. The minimum Gasteiger partial charge on any atom is -0.548 e. The van der Waals surface area contributed by atoms with Gasteiger partial charge in [0.1, 0.15) is 0 Å². The molecule has 4 N–H and O–H groups in total. The van der Waals surface area contributed by atoms with Crippen LogP contribution in [0.4, 0.5) is 0 Å². The summed E-state index contributed by atoms with van der Waals surface area (Å²) in [5, 5.41) is 43.3. The van der Waals surface area contributed by atoms with Crippen LogP contribution >= 0.6 is 0 Å². The summed E-state index contributed by atoms with van der Waals surface area (Å²) in [4.78, 5) is 44.2. The summed E-state index contributed by atoms with van der Waals surface area (Å²) in [6.07, 6.45) is 40.8. The van der Waals surface area contributed by atoms with Gasteiger partial charge in [-0.2, -0.15) is 0 Å². The molecule has 0 fully saturated rings. The zero-order valence-electron chi connectivity index (χ0n) is 33.7. The van der Waals surface area contributed by atoms with Gasteiger partial charge in [0.05, 0.1) is 37.2 Å². The van der Waals surface area contributed by atoms with Crippen molar-refractivity contribution in [1.82, 2.24) is 10.6 Å². The molecular formula is C42H76CaN2O8. The first kappa shape index (κ1) is 55.9. The molecule has 11 heteroatoms. The average Bonchev–Trinajstić information content (AvgIpc) is 3.12. The van der Waals surface area contributed by atoms with Gasteiger partial charge >= 0.3 is 37.7 Å². The quantitative estimate of drug-likeness (QED) is 0.0334. The van der Waals surface area contributed by atoms with Crippen molar-refractivity contribution in [2.75, 3.05) is 13.2 Å². The normalized spacial score (nSPS) is 12.2. The number of hydrogen-bond acceptors (Lipinski definition) is 8. The summed E-state index contributed by atoms with van der Waals surface area (Å²) >= 11 is 0. The Labute approximate surface area is 352 Å². The van der Waals surface area contributed by atoms with Gasteiger partial charge in [-0.3, -0.25) is 9.59 Å². The number of carbonyl (C=O) groups excluding carboxylic acids is 4. The van der Waals surface area contributed by atoms with Crippen molar-refractivity contribution in [3.63, 3.8) is 0 Å². The smallest absolute Gasteiger partial charge is 0.548 e. The fourth-order valence-corrected chi connectivity index (χ4v) is 5.60. The Morgan fingerprint density at radius 2 is 0.698 bits per heavy atom. The van der Waals surface area contributed by atoms with Crippen LogP contribution in [0.5, 0.6) is 0 Å². The first-order valence-electron chi connectivity index (χ1n) is 20.7. The van der Waals surface area contributed by atoms with Crippen LogP contribution < -0.4 is 20.8 Å². The van der Waals surface area contributed by atoms with Crippen LogP contribution in [-0.2, 0) is 19.2 Å². The van der Waals surface area contributed by atoms with Gasteiger partial charge in [-0.1, -0.05) is 141 Å². The molecule has 10 nitrogen and oxygen atoms in total. The Kier molecular flexibility index (Phi) is 47.4. The van der Waals surface area contributed by atoms with Crippen LogP contribution in [0, 0.1) is 0 Å². The number of aliphatic hydroxyl groups excluding tert-OH is 2. The van der Waals surface area contributed by atoms with Gasteiger partial charge in [0.15, 0.2) is 0 Å². The van der Waals surface area contributed by atoms with E-state index in [2.05, 4.69) is 48.8 Å². The monoisotopic (exact) mass is 777 g/mol. The van der Waals surface area contributed by atoms with Gasteiger partial charge in [0.25, 0.3) is 0 Å². The van der Waals surface area contributed by atoms with E-state index in [9.17, 15) is 29.4 Å². The van der Waals surface area contributed by atoms with Gasteiger partial charge in [-0.25, -0.2) is 0 Å². The maximum atomic E-state index is 11.5. The molecule has 0 aromatic rings. The number of aliphatic carboxylic acids is 2. The summed E-state index contributed by atoms with van der Waals surface area (Å²) in [5.41, 5.74) is 0. The van der Waals surface area contributed by atoms with Crippen LogP contribution in [0.2, 0.25) is 0 Å². The van der Waals surface area contributed by atoms with E-state index in [4.69, 9.17) is 10.2 Å². The first-order chi connectivity index (χ1) is 25.2. The number of unbranched alkanes of at least 4 members (excludes halogenated alkanes) is 22. The minimum absolute atomic E-state index is 0. The predicted molar refractivity (Wildman–Crippen MR) is 213 cm³/mol. The third-order valence-corrected chi connectivity index (χ3v) is 8.94. The van der Waals surface area contributed by atoms with Gasteiger partial charge in [0.2, 0.25) is 11.8 Å². The minimum atomic E-state index is -1.45. The van der Waals surface area contributed by atoms with E-state index in [0.29, 0.717) is 12.8 Å². The van der Waals surface area contributed by atoms with E-state index in [1.54, 1.807) is 0 Å². The second-order valence-corrected chi connectivity index (χ2v) is 13.9. The number of carboxylic acid groups (broad SMARTS) is 2. The Bertz CT molecular complexity index is 844. The standard InChI is InChI=1S/2C21H39NO4.Ca/c2*1-2-3-4-5-6-7-8-9-10-11-12-13-14-15-16-17-20(24)22-19(18-23)21(25)26;/h2*9-10,19,23H,2-8,11-18H2,1H3,(H,22,24)(H,25,26);/q;;+2/p-2/b2*10-9-;/t2*19-;/m00./s1. The summed E-state index contributed by atoms with van der Waals surface area (Å²) in [5.74, 6) is -3.59. The fraction of sp³-hybridized carbons (Fsp3) is 0.810. The zero-order valence-corrected chi connectivity index (χ0v) is 35.9. The Balaban J connectivity index is -0.000000926. The van der Waals surface area contributed by atoms with Crippen LogP contribution in [0.3, 0.4) is 0 Å². The number of amides is 2. The predicted octanol–water partition coefficient (Wildman–Crippen LogP) is 6.12. The second-order valence-electron chi connectivity index (χ2n) is 13.9. The average molecular weight is 777 g/mol. The molecular weight excluding hydrogens is 701 g/mol. The molecule has 2 atom stereocenters. The van der Waals surface area contributed by atoms with Crippen molar-refractivity contribution in [2.45, 2.75) is 206 Å². The molecule has 0 radical (unpaired) electrons. The molecule has 0 aliphatic rings. The molecule has 0 saturated heterocycles. The van der Waals surface area contributed by atoms with E-state index < -0.39 is 37.2 Å². The molecule has 0 heterocycles. The van der Waals surface area contributed by atoms with E-state index in [-0.39, 0.29) is 49.6 Å². The van der Waals surface area contributed by atoms with E-state index in [0.717, 1.165) is 64.2 Å². The number of hydrogen-bond donors (Lipinski definition) is 4. The number of rotatable bonds is 36. The van der Waals surface area contributed by atoms with E-state index in [1.165, 1.54) is 103 Å². The van der Waals surface area contributed by atoms with Gasteiger partial charge < -0.3 is 40.6 Å². The zero-order chi connectivity index (χ0) is 38.9. The third-order valence-electron chi connectivity index (χ3n) is 8.94. The molecule has 0 aromatic heterocycles. The molecule has 0 bridgehead atoms. The summed E-state index contributed by atoms with van der Waals surface area (Å²) in [6, 6.07) is -2.60. The molecule has 304 valence electrons. The van der Waals surface area contributed by atoms with Gasteiger partial charge in [0, 0.05) is 12.8 Å². The van der Waals surface area contributed by atoms with Crippen LogP contribution in [0.15, 0.2) is 24.3 Å². The number of aliphatic hydroxyl groups is 2. The van der Waals surface area contributed by atoms with Crippen molar-refractivity contribution < 1.29 is 39.6 Å². The van der Waals surface area contributed by atoms with E-state index in [1.807, 2.05) is 0 Å². The van der Waals surface area contributed by atoms with Gasteiger partial charge in [-0.05, 0) is 64.2 Å². The Morgan fingerprint density at radius 3 is 0.943 bits per heavy atom. The Hall–Kier alpha value is -1.46. The third kappa shape index (κ3) is 43.1. The van der Waals surface area contributed by atoms with E-state index >= 15 is 0 Å². The molecule has 0 aliphatic carbocycles. The Morgan fingerprint density at radius 1 is 0.453 bits per heavy atom. The van der Waals surface area contributed by atoms with Crippen LogP contribution in [0.1, 0.15) is 194 Å². The molecule has 53 heavy (non-hydrogen) atoms. The summed E-state index contributed by atoms with van der Waals surface area (Å²) in [6.45, 7) is 3.21. The van der Waals surface area contributed by atoms with Crippen molar-refractivity contribution in [2.24, 2.45) is 0 Å². The fourth-order valence-electron chi connectivity index (χ4n) is 5.60. The number of carbonyl (C=O) groups is 4. The number of carboxylic acids is 2. The molecule has 0 saturated carbocycles.